The quantitative estimate of drug-likeness (QED) is 0.651. The zero-order chi connectivity index (χ0) is 21.8. The van der Waals surface area contributed by atoms with Crippen LogP contribution < -0.4 is 0 Å². The number of carbonyl (C=O) groups is 2. The molecule has 4 fully saturated rings. The van der Waals surface area contributed by atoms with Gasteiger partial charge in [0, 0.05) is 19.8 Å². The number of aliphatic hydroxyl groups is 1. The number of carbonyl (C=O) groups excluding carboxylic acids is 2. The van der Waals surface area contributed by atoms with E-state index < -0.39 is 0 Å². The van der Waals surface area contributed by atoms with Crippen LogP contribution in [0.3, 0.4) is 0 Å². The lowest BCUT2D eigenvalue weighted by atomic mass is 9.41. The number of Topliss-reactive ketones (excluding diaryl/α,β-unsaturated/α-hetero) is 1. The standard InChI is InChI=1S/C26H42O4/c1-6-18-22-13-17(28)9-11-26(22,5)21-10-12-25(4)19(15(2)14-30-16(3)27)7-8-20(25)23(21)24(18)29/h15,18-24,29H,6-14H2,1-5H3/t15-,18+,19-,20?,21?,22+,23?,24?,25-,26-/m1/s1. The highest BCUT2D eigenvalue weighted by Gasteiger charge is 2.64. The smallest absolute Gasteiger partial charge is 0.302 e. The molecule has 0 radical (unpaired) electrons. The summed E-state index contributed by atoms with van der Waals surface area (Å²) < 4.78 is 5.38. The number of fused-ring (bicyclic) bond motifs is 5. The Bertz CT molecular complexity index is 689. The van der Waals surface area contributed by atoms with Gasteiger partial charge in [-0.15, -0.1) is 0 Å². The van der Waals surface area contributed by atoms with Crippen molar-refractivity contribution < 1.29 is 19.4 Å². The summed E-state index contributed by atoms with van der Waals surface area (Å²) in [6.07, 6.45) is 7.83. The van der Waals surface area contributed by atoms with Crippen molar-refractivity contribution in [3.05, 3.63) is 0 Å². The molecule has 30 heavy (non-hydrogen) atoms. The Balaban J connectivity index is 1.62. The molecule has 4 rings (SSSR count). The molecule has 0 aromatic heterocycles. The number of ketones is 1. The van der Waals surface area contributed by atoms with E-state index in [0.29, 0.717) is 54.3 Å². The lowest BCUT2D eigenvalue weighted by molar-refractivity contribution is -0.195. The van der Waals surface area contributed by atoms with Crippen LogP contribution in [0.1, 0.15) is 86.0 Å². The van der Waals surface area contributed by atoms with Crippen LogP contribution in [0, 0.1) is 52.3 Å². The molecular weight excluding hydrogens is 376 g/mol. The van der Waals surface area contributed by atoms with E-state index in [9.17, 15) is 14.7 Å². The second-order valence-corrected chi connectivity index (χ2v) is 11.7. The summed E-state index contributed by atoms with van der Waals surface area (Å²) in [7, 11) is 0. The average molecular weight is 419 g/mol. The molecule has 170 valence electrons. The van der Waals surface area contributed by atoms with Gasteiger partial charge in [0.15, 0.2) is 0 Å². The molecule has 4 heteroatoms. The number of aliphatic hydroxyl groups excluding tert-OH is 1. The molecule has 4 aliphatic rings. The van der Waals surface area contributed by atoms with Crippen molar-refractivity contribution in [2.75, 3.05) is 6.61 Å². The van der Waals surface area contributed by atoms with Crippen molar-refractivity contribution in [1.82, 2.24) is 0 Å². The fourth-order valence-electron chi connectivity index (χ4n) is 9.11. The van der Waals surface area contributed by atoms with E-state index in [0.717, 1.165) is 19.3 Å². The second-order valence-electron chi connectivity index (χ2n) is 11.7. The van der Waals surface area contributed by atoms with Crippen LogP contribution in [-0.2, 0) is 14.3 Å². The van der Waals surface area contributed by atoms with Crippen LogP contribution in [0.5, 0.6) is 0 Å². The largest absolute Gasteiger partial charge is 0.466 e. The van der Waals surface area contributed by atoms with Gasteiger partial charge in [-0.3, -0.25) is 9.59 Å². The van der Waals surface area contributed by atoms with Gasteiger partial charge in [-0.05, 0) is 84.4 Å². The summed E-state index contributed by atoms with van der Waals surface area (Å²) in [6, 6.07) is 0. The molecule has 0 aromatic carbocycles. The van der Waals surface area contributed by atoms with E-state index >= 15 is 0 Å². The van der Waals surface area contributed by atoms with Gasteiger partial charge in [-0.2, -0.15) is 0 Å². The van der Waals surface area contributed by atoms with Crippen molar-refractivity contribution in [2.24, 2.45) is 52.3 Å². The van der Waals surface area contributed by atoms with E-state index in [2.05, 4.69) is 27.7 Å². The van der Waals surface area contributed by atoms with Crippen molar-refractivity contribution in [3.8, 4) is 0 Å². The van der Waals surface area contributed by atoms with Crippen molar-refractivity contribution >= 4 is 11.8 Å². The molecule has 0 aliphatic heterocycles. The Morgan fingerprint density at radius 3 is 2.50 bits per heavy atom. The Kier molecular flexibility index (Phi) is 5.87. The van der Waals surface area contributed by atoms with Gasteiger partial charge >= 0.3 is 5.97 Å². The van der Waals surface area contributed by atoms with E-state index in [-0.39, 0.29) is 28.8 Å². The van der Waals surface area contributed by atoms with Crippen molar-refractivity contribution in [1.29, 1.82) is 0 Å². The molecule has 4 saturated carbocycles. The minimum Gasteiger partial charge on any atom is -0.466 e. The SMILES string of the molecule is CC[C@@H]1C(O)C2C3CC[C@H]([C@H](C)COC(C)=O)[C@@]3(C)CCC2[C@@]2(C)CCC(=O)C[C@@H]12. The molecular formula is C26H42O4. The Labute approximate surface area is 182 Å². The first-order valence-electron chi connectivity index (χ1n) is 12.5. The minimum absolute atomic E-state index is 0.190. The van der Waals surface area contributed by atoms with Gasteiger partial charge < -0.3 is 9.84 Å². The average Bonchev–Trinajstić information content (AvgIpc) is 3.05. The van der Waals surface area contributed by atoms with Crippen molar-refractivity contribution in [3.63, 3.8) is 0 Å². The van der Waals surface area contributed by atoms with Gasteiger partial charge in [0.1, 0.15) is 5.78 Å². The van der Waals surface area contributed by atoms with Gasteiger partial charge in [-0.1, -0.05) is 34.1 Å². The monoisotopic (exact) mass is 418 g/mol. The number of ether oxygens (including phenoxy) is 1. The van der Waals surface area contributed by atoms with E-state index in [1.165, 1.54) is 32.6 Å². The third kappa shape index (κ3) is 3.27. The highest BCUT2D eigenvalue weighted by Crippen LogP contribution is 2.69. The maximum absolute atomic E-state index is 12.3. The topological polar surface area (TPSA) is 63.6 Å². The molecule has 4 aliphatic carbocycles. The Hall–Kier alpha value is -0.900. The van der Waals surface area contributed by atoms with Crippen LogP contribution in [-0.4, -0.2) is 29.6 Å². The van der Waals surface area contributed by atoms with Crippen molar-refractivity contribution in [2.45, 2.75) is 92.1 Å². The first-order chi connectivity index (χ1) is 14.1. The third-order valence-corrected chi connectivity index (χ3v) is 10.5. The van der Waals surface area contributed by atoms with Crippen LogP contribution in [0.2, 0.25) is 0 Å². The zero-order valence-corrected chi connectivity index (χ0v) is 19.7. The summed E-state index contributed by atoms with van der Waals surface area (Å²) >= 11 is 0. The fraction of sp³-hybridized carbons (Fsp3) is 0.923. The highest BCUT2D eigenvalue weighted by atomic mass is 16.5. The van der Waals surface area contributed by atoms with Crippen LogP contribution in [0.15, 0.2) is 0 Å². The van der Waals surface area contributed by atoms with Crippen LogP contribution >= 0.6 is 0 Å². The Morgan fingerprint density at radius 2 is 1.83 bits per heavy atom. The lowest BCUT2D eigenvalue weighted by Gasteiger charge is -2.64. The van der Waals surface area contributed by atoms with E-state index in [1.54, 1.807) is 0 Å². The maximum Gasteiger partial charge on any atom is 0.302 e. The lowest BCUT2D eigenvalue weighted by Crippen LogP contribution is -2.62. The molecule has 1 N–H and O–H groups in total. The Morgan fingerprint density at radius 1 is 1.13 bits per heavy atom. The number of hydrogen-bond donors (Lipinski definition) is 1. The molecule has 0 aromatic rings. The third-order valence-electron chi connectivity index (χ3n) is 10.5. The molecule has 0 amide bonds. The van der Waals surface area contributed by atoms with Crippen LogP contribution in [0.25, 0.3) is 0 Å². The van der Waals surface area contributed by atoms with Gasteiger partial charge in [0.2, 0.25) is 0 Å². The summed E-state index contributed by atoms with van der Waals surface area (Å²) in [4.78, 5) is 23.7. The maximum atomic E-state index is 12.3. The molecule has 0 bridgehead atoms. The molecule has 4 unspecified atom stereocenters. The predicted molar refractivity (Wildman–Crippen MR) is 117 cm³/mol. The normalized spacial score (nSPS) is 49.0. The molecule has 4 nitrogen and oxygen atoms in total. The molecule has 0 saturated heterocycles. The summed E-state index contributed by atoms with van der Waals surface area (Å²) in [5.74, 6) is 3.16. The first-order valence-corrected chi connectivity index (χ1v) is 12.5. The number of hydrogen-bond acceptors (Lipinski definition) is 4. The van der Waals surface area contributed by atoms with E-state index in [4.69, 9.17) is 4.74 Å². The van der Waals surface area contributed by atoms with Crippen LogP contribution in [0.4, 0.5) is 0 Å². The fourth-order valence-corrected chi connectivity index (χ4v) is 9.11. The van der Waals surface area contributed by atoms with Gasteiger partial charge in [0.05, 0.1) is 12.7 Å². The molecule has 0 spiro atoms. The summed E-state index contributed by atoms with van der Waals surface area (Å²) in [6.45, 7) is 11.4. The minimum atomic E-state index is -0.281. The molecule has 10 atom stereocenters. The van der Waals surface area contributed by atoms with Gasteiger partial charge in [-0.25, -0.2) is 0 Å². The number of rotatable bonds is 4. The highest BCUT2D eigenvalue weighted by molar-refractivity contribution is 5.79. The molecule has 0 heterocycles. The van der Waals surface area contributed by atoms with E-state index in [1.807, 2.05) is 0 Å². The van der Waals surface area contributed by atoms with Gasteiger partial charge in [0.25, 0.3) is 0 Å². The second kappa shape index (κ2) is 7.90. The summed E-state index contributed by atoms with van der Waals surface area (Å²) in [5, 5.41) is 11.7. The summed E-state index contributed by atoms with van der Waals surface area (Å²) in [5.41, 5.74) is 0.412. The zero-order valence-electron chi connectivity index (χ0n) is 19.7. The first kappa shape index (κ1) is 22.3. The number of esters is 1. The predicted octanol–water partition coefficient (Wildman–Crippen LogP) is 5.02.